The molecular weight excluding hydrogens is 194 g/mol. The quantitative estimate of drug-likeness (QED) is 0.651. The van der Waals surface area contributed by atoms with Crippen molar-refractivity contribution in [3.8, 4) is 11.8 Å². The van der Waals surface area contributed by atoms with Gasteiger partial charge in [0.1, 0.15) is 0 Å². The van der Waals surface area contributed by atoms with E-state index in [1.54, 1.807) is 0 Å². The minimum atomic E-state index is 0.218. The van der Waals surface area contributed by atoms with Crippen LogP contribution in [0.25, 0.3) is 0 Å². The second kappa shape index (κ2) is 5.18. The van der Waals surface area contributed by atoms with E-state index in [9.17, 15) is 0 Å². The van der Waals surface area contributed by atoms with Gasteiger partial charge < -0.3 is 0 Å². The van der Waals surface area contributed by atoms with E-state index < -0.39 is 0 Å². The van der Waals surface area contributed by atoms with Crippen LogP contribution in [0.5, 0.6) is 0 Å². The molecule has 0 radical (unpaired) electrons. The molecular formula is C15H21N. The number of hydrogen-bond donors (Lipinski definition) is 0. The Morgan fingerprint density at radius 3 is 2.06 bits per heavy atom. The van der Waals surface area contributed by atoms with Crippen LogP contribution in [-0.4, -0.2) is 25.5 Å². The van der Waals surface area contributed by atoms with Crippen LogP contribution in [0.2, 0.25) is 0 Å². The largest absolute Gasteiger partial charge is 0.299 e. The lowest BCUT2D eigenvalue weighted by Gasteiger charge is -2.18. The van der Waals surface area contributed by atoms with Gasteiger partial charge in [-0.3, -0.25) is 4.90 Å². The molecule has 16 heavy (non-hydrogen) atoms. The van der Waals surface area contributed by atoms with Gasteiger partial charge in [-0.25, -0.2) is 0 Å². The Kier molecular flexibility index (Phi) is 4.15. The molecule has 0 heterocycles. The van der Waals surface area contributed by atoms with Crippen molar-refractivity contribution in [1.29, 1.82) is 0 Å². The predicted molar refractivity (Wildman–Crippen MR) is 70.6 cm³/mol. The monoisotopic (exact) mass is 215 g/mol. The Hall–Kier alpha value is -1.26. The normalized spacial score (nSPS) is 11.1. The highest BCUT2D eigenvalue weighted by Gasteiger charge is 2.12. The van der Waals surface area contributed by atoms with Gasteiger partial charge in [0.2, 0.25) is 0 Å². The molecule has 0 saturated heterocycles. The lowest BCUT2D eigenvalue weighted by atomic mass is 9.87. The summed E-state index contributed by atoms with van der Waals surface area (Å²) in [6, 6.07) is 8.53. The third-order valence-electron chi connectivity index (χ3n) is 2.38. The summed E-state index contributed by atoms with van der Waals surface area (Å²) in [4.78, 5) is 2.07. The fourth-order valence-electron chi connectivity index (χ4n) is 1.35. The summed E-state index contributed by atoms with van der Waals surface area (Å²) in [5.74, 6) is 6.30. The van der Waals surface area contributed by atoms with Crippen LogP contribution in [0.1, 0.15) is 31.9 Å². The van der Waals surface area contributed by atoms with Gasteiger partial charge >= 0.3 is 0 Å². The molecule has 0 unspecified atom stereocenters. The summed E-state index contributed by atoms with van der Waals surface area (Å²) in [6.07, 6.45) is 0. The second-order valence-corrected chi connectivity index (χ2v) is 5.37. The summed E-state index contributed by atoms with van der Waals surface area (Å²) in [7, 11) is 4.05. The highest BCUT2D eigenvalue weighted by atomic mass is 15.0. The molecule has 0 atom stereocenters. The Morgan fingerprint density at radius 2 is 1.62 bits per heavy atom. The highest BCUT2D eigenvalue weighted by Crippen LogP contribution is 2.21. The molecule has 86 valence electrons. The van der Waals surface area contributed by atoms with E-state index >= 15 is 0 Å². The zero-order valence-electron chi connectivity index (χ0n) is 11.0. The first-order valence-corrected chi connectivity index (χ1v) is 5.64. The average Bonchev–Trinajstić information content (AvgIpc) is 2.16. The van der Waals surface area contributed by atoms with Gasteiger partial charge in [0, 0.05) is 5.56 Å². The highest BCUT2D eigenvalue weighted by molar-refractivity contribution is 5.38. The third kappa shape index (κ3) is 4.08. The third-order valence-corrected chi connectivity index (χ3v) is 2.38. The topological polar surface area (TPSA) is 3.24 Å². The van der Waals surface area contributed by atoms with Crippen molar-refractivity contribution in [2.75, 3.05) is 20.6 Å². The molecule has 0 N–H and O–H groups in total. The van der Waals surface area contributed by atoms with Crippen molar-refractivity contribution in [2.45, 2.75) is 26.2 Å². The molecule has 0 saturated carbocycles. The van der Waals surface area contributed by atoms with Crippen molar-refractivity contribution < 1.29 is 0 Å². The summed E-state index contributed by atoms with van der Waals surface area (Å²) < 4.78 is 0. The van der Waals surface area contributed by atoms with E-state index in [4.69, 9.17) is 0 Å². The van der Waals surface area contributed by atoms with E-state index in [0.717, 1.165) is 12.1 Å². The van der Waals surface area contributed by atoms with E-state index in [1.165, 1.54) is 5.56 Å². The van der Waals surface area contributed by atoms with Crippen LogP contribution in [0.3, 0.4) is 0 Å². The van der Waals surface area contributed by atoms with Crippen molar-refractivity contribution in [2.24, 2.45) is 0 Å². The second-order valence-electron chi connectivity index (χ2n) is 5.37. The van der Waals surface area contributed by atoms with E-state index in [-0.39, 0.29) is 5.41 Å². The fraction of sp³-hybridized carbons (Fsp3) is 0.467. The van der Waals surface area contributed by atoms with Crippen LogP contribution in [0, 0.1) is 11.8 Å². The molecule has 1 heteroatoms. The van der Waals surface area contributed by atoms with Crippen molar-refractivity contribution in [1.82, 2.24) is 4.90 Å². The predicted octanol–water partition coefficient (Wildman–Crippen LogP) is 2.90. The van der Waals surface area contributed by atoms with Gasteiger partial charge in [-0.1, -0.05) is 44.7 Å². The maximum atomic E-state index is 3.16. The van der Waals surface area contributed by atoms with Gasteiger partial charge in [-0.2, -0.15) is 0 Å². The summed E-state index contributed by atoms with van der Waals surface area (Å²) in [5, 5.41) is 0. The first-order valence-electron chi connectivity index (χ1n) is 5.64. The Balaban J connectivity index is 2.75. The lowest BCUT2D eigenvalue weighted by Crippen LogP contribution is -2.11. The molecule has 1 rings (SSSR count). The molecule has 0 aromatic heterocycles. The van der Waals surface area contributed by atoms with E-state index in [1.807, 2.05) is 14.1 Å². The molecule has 0 aliphatic carbocycles. The Labute approximate surface area is 99.5 Å². The Morgan fingerprint density at radius 1 is 1.06 bits per heavy atom. The summed E-state index contributed by atoms with van der Waals surface area (Å²) >= 11 is 0. The summed E-state index contributed by atoms with van der Waals surface area (Å²) in [6.45, 7) is 7.47. The molecule has 1 aromatic rings. The smallest absolute Gasteiger partial charge is 0.0600 e. The van der Waals surface area contributed by atoms with Gasteiger partial charge in [-0.15, -0.1) is 0 Å². The summed E-state index contributed by atoms with van der Waals surface area (Å²) in [5.41, 5.74) is 2.66. The molecule has 1 aromatic carbocycles. The van der Waals surface area contributed by atoms with Crippen molar-refractivity contribution in [3.05, 3.63) is 35.4 Å². The first-order chi connectivity index (χ1) is 7.39. The van der Waals surface area contributed by atoms with Gasteiger partial charge in [0.15, 0.2) is 0 Å². The SMILES string of the molecule is CN(C)CC#Cc1ccc(C(C)(C)C)cc1. The maximum absolute atomic E-state index is 3.16. The number of hydrogen-bond acceptors (Lipinski definition) is 1. The first kappa shape index (κ1) is 12.8. The minimum Gasteiger partial charge on any atom is -0.299 e. The lowest BCUT2D eigenvalue weighted by molar-refractivity contribution is 0.464. The molecule has 0 aliphatic heterocycles. The van der Waals surface area contributed by atoms with Crippen LogP contribution in [0.15, 0.2) is 24.3 Å². The molecule has 0 amide bonds. The average molecular weight is 215 g/mol. The van der Waals surface area contributed by atoms with Crippen LogP contribution in [-0.2, 0) is 5.41 Å². The van der Waals surface area contributed by atoms with E-state index in [0.29, 0.717) is 0 Å². The fourth-order valence-corrected chi connectivity index (χ4v) is 1.35. The molecule has 0 bridgehead atoms. The molecule has 0 spiro atoms. The van der Waals surface area contributed by atoms with Crippen LogP contribution >= 0.6 is 0 Å². The van der Waals surface area contributed by atoms with E-state index in [2.05, 4.69) is 61.8 Å². The minimum absolute atomic E-state index is 0.218. The molecule has 1 nitrogen and oxygen atoms in total. The molecule has 0 fully saturated rings. The van der Waals surface area contributed by atoms with Gasteiger partial charge in [0.05, 0.1) is 6.54 Å². The molecule has 0 aliphatic rings. The van der Waals surface area contributed by atoms with Gasteiger partial charge in [-0.05, 0) is 37.2 Å². The Bertz CT molecular complexity index is 382. The van der Waals surface area contributed by atoms with Crippen molar-refractivity contribution in [3.63, 3.8) is 0 Å². The number of rotatable bonds is 1. The van der Waals surface area contributed by atoms with Crippen LogP contribution < -0.4 is 0 Å². The zero-order chi connectivity index (χ0) is 12.2. The van der Waals surface area contributed by atoms with Crippen molar-refractivity contribution >= 4 is 0 Å². The number of nitrogens with zero attached hydrogens (tertiary/aromatic N) is 1. The zero-order valence-corrected chi connectivity index (χ0v) is 11.0. The van der Waals surface area contributed by atoms with Crippen LogP contribution in [0.4, 0.5) is 0 Å². The van der Waals surface area contributed by atoms with Gasteiger partial charge in [0.25, 0.3) is 0 Å². The number of benzene rings is 1. The standard InChI is InChI=1S/C15H21N/c1-15(2,3)14-10-8-13(9-11-14)7-6-12-16(4)5/h8-11H,12H2,1-5H3. The maximum Gasteiger partial charge on any atom is 0.0600 e.